The fourth-order valence-electron chi connectivity index (χ4n) is 2.42. The van der Waals surface area contributed by atoms with Gasteiger partial charge in [0, 0.05) is 12.4 Å². The van der Waals surface area contributed by atoms with Crippen molar-refractivity contribution in [2.75, 3.05) is 6.61 Å². The summed E-state index contributed by atoms with van der Waals surface area (Å²) in [6, 6.07) is 7.90. The quantitative estimate of drug-likeness (QED) is 0.794. The van der Waals surface area contributed by atoms with Crippen molar-refractivity contribution in [1.82, 2.24) is 9.55 Å². The van der Waals surface area contributed by atoms with E-state index in [1.165, 1.54) is 0 Å². The van der Waals surface area contributed by atoms with Crippen LogP contribution in [0.1, 0.15) is 27.7 Å². The average Bonchev–Trinajstić information content (AvgIpc) is 3.06. The summed E-state index contributed by atoms with van der Waals surface area (Å²) in [6.45, 7) is 9.57. The number of nitrogens with zero attached hydrogens (tertiary/aromatic N) is 2. The van der Waals surface area contributed by atoms with Crippen LogP contribution in [-0.2, 0) is 15.9 Å². The highest BCUT2D eigenvalue weighted by molar-refractivity contribution is 6.62. The van der Waals surface area contributed by atoms with E-state index in [4.69, 9.17) is 14.0 Å². The maximum Gasteiger partial charge on any atom is 0.494 e. The van der Waals surface area contributed by atoms with Gasteiger partial charge in [-0.3, -0.25) is 0 Å². The van der Waals surface area contributed by atoms with E-state index in [9.17, 15) is 0 Å². The minimum Gasteiger partial charge on any atom is -0.492 e. The van der Waals surface area contributed by atoms with Gasteiger partial charge < -0.3 is 18.6 Å². The van der Waals surface area contributed by atoms with Crippen LogP contribution in [0.2, 0.25) is 0 Å². The lowest BCUT2D eigenvalue weighted by atomic mass is 9.79. The summed E-state index contributed by atoms with van der Waals surface area (Å²) in [5.41, 5.74) is 0.301. The first kappa shape index (κ1) is 16.1. The molecule has 0 aliphatic carbocycles. The average molecular weight is 314 g/mol. The van der Waals surface area contributed by atoms with E-state index in [1.807, 2.05) is 35.0 Å². The second-order valence-electron chi connectivity index (χ2n) is 6.81. The van der Waals surface area contributed by atoms with Gasteiger partial charge in [-0.2, -0.15) is 0 Å². The van der Waals surface area contributed by atoms with Crippen molar-refractivity contribution >= 4 is 12.6 Å². The van der Waals surface area contributed by atoms with Crippen molar-refractivity contribution in [3.05, 3.63) is 43.0 Å². The van der Waals surface area contributed by atoms with Crippen LogP contribution in [0, 0.1) is 0 Å². The molecule has 0 N–H and O–H groups in total. The van der Waals surface area contributed by atoms with E-state index in [0.29, 0.717) is 6.61 Å². The molecule has 1 aliphatic rings. The van der Waals surface area contributed by atoms with E-state index >= 15 is 0 Å². The summed E-state index contributed by atoms with van der Waals surface area (Å²) in [6.07, 6.45) is 5.47. The molecule has 1 aliphatic heterocycles. The lowest BCUT2D eigenvalue weighted by Gasteiger charge is -2.32. The highest BCUT2D eigenvalue weighted by Crippen LogP contribution is 2.36. The van der Waals surface area contributed by atoms with Gasteiger partial charge in [-0.25, -0.2) is 4.98 Å². The Hall–Kier alpha value is -1.79. The molecule has 6 heteroatoms. The molecule has 0 unspecified atom stereocenters. The first-order chi connectivity index (χ1) is 10.9. The van der Waals surface area contributed by atoms with Crippen molar-refractivity contribution in [3.8, 4) is 5.75 Å². The largest absolute Gasteiger partial charge is 0.494 e. The molecular weight excluding hydrogens is 291 g/mol. The van der Waals surface area contributed by atoms with Crippen LogP contribution in [0.25, 0.3) is 0 Å². The van der Waals surface area contributed by atoms with E-state index < -0.39 is 0 Å². The predicted molar refractivity (Wildman–Crippen MR) is 89.9 cm³/mol. The predicted octanol–water partition coefficient (Wildman–Crippen LogP) is 2.26. The number of hydrogen-bond donors (Lipinski definition) is 0. The van der Waals surface area contributed by atoms with Crippen LogP contribution in [0.3, 0.4) is 0 Å². The summed E-state index contributed by atoms with van der Waals surface area (Å²) in [7, 11) is -0.364. The van der Waals surface area contributed by atoms with Crippen LogP contribution >= 0.6 is 0 Å². The van der Waals surface area contributed by atoms with Crippen molar-refractivity contribution in [2.45, 2.75) is 45.4 Å². The smallest absolute Gasteiger partial charge is 0.492 e. The number of rotatable bonds is 5. The first-order valence-corrected chi connectivity index (χ1v) is 7.91. The van der Waals surface area contributed by atoms with Gasteiger partial charge in [0.1, 0.15) is 12.4 Å². The Labute approximate surface area is 137 Å². The van der Waals surface area contributed by atoms with Gasteiger partial charge in [0.25, 0.3) is 0 Å². The maximum absolute atomic E-state index is 6.08. The van der Waals surface area contributed by atoms with Gasteiger partial charge in [0.05, 0.1) is 24.1 Å². The van der Waals surface area contributed by atoms with E-state index in [2.05, 4.69) is 32.7 Å². The zero-order valence-electron chi connectivity index (χ0n) is 14.2. The number of imidazole rings is 1. The molecule has 122 valence electrons. The molecular formula is C17H23BN2O3. The fourth-order valence-corrected chi connectivity index (χ4v) is 2.42. The van der Waals surface area contributed by atoms with Crippen molar-refractivity contribution in [2.24, 2.45) is 0 Å². The Morgan fingerprint density at radius 2 is 1.91 bits per heavy atom. The van der Waals surface area contributed by atoms with Crippen LogP contribution in [0.5, 0.6) is 5.75 Å². The minimum atomic E-state index is -0.364. The van der Waals surface area contributed by atoms with Gasteiger partial charge in [-0.1, -0.05) is 12.1 Å². The fraction of sp³-hybridized carbons (Fsp3) is 0.471. The lowest BCUT2D eigenvalue weighted by Crippen LogP contribution is -2.41. The second kappa shape index (κ2) is 6.02. The standard InChI is InChI=1S/C17H23BN2O3/c1-16(2)17(3,4)23-18(22-16)14-6-5-7-15(12-14)21-11-10-20-9-8-19-13-20/h5-9,12-13H,10-11H2,1-4H3. The minimum absolute atomic E-state index is 0.337. The highest BCUT2D eigenvalue weighted by Gasteiger charge is 2.51. The molecule has 2 heterocycles. The molecule has 2 aromatic rings. The number of aromatic nitrogens is 2. The molecule has 1 aromatic heterocycles. The van der Waals surface area contributed by atoms with Gasteiger partial charge in [-0.15, -0.1) is 0 Å². The van der Waals surface area contributed by atoms with Crippen LogP contribution in [-0.4, -0.2) is 34.5 Å². The molecule has 0 spiro atoms. The molecule has 1 saturated heterocycles. The van der Waals surface area contributed by atoms with Crippen LogP contribution in [0.15, 0.2) is 43.0 Å². The Kier molecular flexibility index (Phi) is 4.21. The molecule has 5 nitrogen and oxygen atoms in total. The molecule has 0 saturated carbocycles. The van der Waals surface area contributed by atoms with Crippen LogP contribution < -0.4 is 10.2 Å². The second-order valence-corrected chi connectivity index (χ2v) is 6.81. The number of ether oxygens (including phenoxy) is 1. The first-order valence-electron chi connectivity index (χ1n) is 7.91. The van der Waals surface area contributed by atoms with Gasteiger partial charge >= 0.3 is 7.12 Å². The SMILES string of the molecule is CC1(C)OB(c2cccc(OCCn3ccnc3)c2)OC1(C)C. The highest BCUT2D eigenvalue weighted by atomic mass is 16.7. The summed E-state index contributed by atoms with van der Waals surface area (Å²) in [4.78, 5) is 4.02. The summed E-state index contributed by atoms with van der Waals surface area (Å²) in [5, 5.41) is 0. The van der Waals surface area contributed by atoms with Crippen molar-refractivity contribution in [3.63, 3.8) is 0 Å². The van der Waals surface area contributed by atoms with Crippen molar-refractivity contribution < 1.29 is 14.0 Å². The molecule has 0 bridgehead atoms. The van der Waals surface area contributed by atoms with Gasteiger partial charge in [0.15, 0.2) is 0 Å². The summed E-state index contributed by atoms with van der Waals surface area (Å²) in [5.74, 6) is 0.817. The number of hydrogen-bond acceptors (Lipinski definition) is 4. The molecule has 3 rings (SSSR count). The molecule has 0 amide bonds. The third-order valence-electron chi connectivity index (χ3n) is 4.56. The topological polar surface area (TPSA) is 45.5 Å². The van der Waals surface area contributed by atoms with Gasteiger partial charge in [-0.05, 0) is 45.3 Å². The van der Waals surface area contributed by atoms with E-state index in [1.54, 1.807) is 12.5 Å². The van der Waals surface area contributed by atoms with E-state index in [0.717, 1.165) is 17.8 Å². The monoisotopic (exact) mass is 314 g/mol. The Morgan fingerprint density at radius 3 is 2.57 bits per heavy atom. The Bertz CT molecular complexity index is 640. The maximum atomic E-state index is 6.08. The molecule has 1 fully saturated rings. The normalized spacial score (nSPS) is 19.0. The third kappa shape index (κ3) is 3.43. The Morgan fingerprint density at radius 1 is 1.17 bits per heavy atom. The third-order valence-corrected chi connectivity index (χ3v) is 4.56. The summed E-state index contributed by atoms with van der Waals surface area (Å²) >= 11 is 0. The molecule has 0 radical (unpaired) electrons. The van der Waals surface area contributed by atoms with Gasteiger partial charge in [0.2, 0.25) is 0 Å². The van der Waals surface area contributed by atoms with Crippen LogP contribution in [0.4, 0.5) is 0 Å². The lowest BCUT2D eigenvalue weighted by molar-refractivity contribution is 0.00578. The number of benzene rings is 1. The van der Waals surface area contributed by atoms with Crippen molar-refractivity contribution in [1.29, 1.82) is 0 Å². The zero-order valence-corrected chi connectivity index (χ0v) is 14.2. The Balaban J connectivity index is 1.64. The van der Waals surface area contributed by atoms with E-state index in [-0.39, 0.29) is 18.3 Å². The summed E-state index contributed by atoms with van der Waals surface area (Å²) < 4.78 is 20.0. The molecule has 23 heavy (non-hydrogen) atoms. The zero-order chi connectivity index (χ0) is 16.5. The molecule has 0 atom stereocenters. The molecule has 1 aromatic carbocycles.